The molecule has 2 fully saturated rings. The van der Waals surface area contributed by atoms with Crippen LogP contribution in [0.5, 0.6) is 11.5 Å². The summed E-state index contributed by atoms with van der Waals surface area (Å²) in [4.78, 5) is 10.9. The van der Waals surface area contributed by atoms with Gasteiger partial charge in [-0.15, -0.1) is 0 Å². The first-order valence-electron chi connectivity index (χ1n) is 19.6. The van der Waals surface area contributed by atoms with E-state index in [1.807, 2.05) is 37.3 Å². The van der Waals surface area contributed by atoms with E-state index >= 15 is 0 Å². The summed E-state index contributed by atoms with van der Waals surface area (Å²) >= 11 is 0. The molecule has 4 aromatic carbocycles. The lowest BCUT2D eigenvalue weighted by Gasteiger charge is -2.37. The molecule has 4 aromatic rings. The van der Waals surface area contributed by atoms with Crippen LogP contribution in [-0.4, -0.2) is 31.6 Å². The molecular formula is C47H70N2O3. The third-order valence-corrected chi connectivity index (χ3v) is 10.8. The molecule has 0 spiro atoms. The van der Waals surface area contributed by atoms with Crippen LogP contribution >= 0.6 is 0 Å². The van der Waals surface area contributed by atoms with Gasteiger partial charge in [-0.1, -0.05) is 99.2 Å². The Morgan fingerprint density at radius 2 is 1.04 bits per heavy atom. The van der Waals surface area contributed by atoms with Crippen LogP contribution in [0, 0.1) is 22.7 Å². The van der Waals surface area contributed by atoms with Gasteiger partial charge in [-0.25, -0.2) is 0 Å². The smallest absolute Gasteiger partial charge is 0.150 e. The summed E-state index contributed by atoms with van der Waals surface area (Å²) in [6, 6.07) is 25.1. The lowest BCUT2D eigenvalue weighted by molar-refractivity contribution is 0.0881. The number of fused-ring (bicyclic) bond motifs is 2. The molecule has 52 heavy (non-hydrogen) atoms. The molecular weight excluding hydrogens is 641 g/mol. The van der Waals surface area contributed by atoms with Crippen LogP contribution in [0.2, 0.25) is 0 Å². The number of ether oxygens (including phenoxy) is 2. The van der Waals surface area contributed by atoms with Crippen molar-refractivity contribution in [3.05, 3.63) is 83.9 Å². The summed E-state index contributed by atoms with van der Waals surface area (Å²) in [5.74, 6) is 3.60. The molecule has 0 heterocycles. The first-order valence-corrected chi connectivity index (χ1v) is 19.6. The van der Waals surface area contributed by atoms with Crippen molar-refractivity contribution in [1.29, 1.82) is 0 Å². The van der Waals surface area contributed by atoms with Crippen molar-refractivity contribution in [3.8, 4) is 11.5 Å². The Morgan fingerprint density at radius 1 is 0.635 bits per heavy atom. The Kier molecular flexibility index (Phi) is 16.7. The van der Waals surface area contributed by atoms with Crippen molar-refractivity contribution in [3.63, 3.8) is 0 Å². The normalized spacial score (nSPS) is 20.4. The number of benzene rings is 4. The number of carbonyl (C=O) groups is 1. The zero-order valence-corrected chi connectivity index (χ0v) is 32.9. The molecule has 0 bridgehead atoms. The van der Waals surface area contributed by atoms with E-state index in [1.54, 1.807) is 0 Å². The van der Waals surface area contributed by atoms with Gasteiger partial charge in [0.2, 0.25) is 0 Å². The first kappa shape index (κ1) is 43.0. The van der Waals surface area contributed by atoms with Gasteiger partial charge in [-0.05, 0) is 151 Å². The molecule has 0 radical (unpaired) electrons. The topological polar surface area (TPSA) is 73.6 Å². The van der Waals surface area contributed by atoms with Crippen molar-refractivity contribution in [2.24, 2.45) is 28.4 Å². The molecule has 2 aliphatic carbocycles. The summed E-state index contributed by atoms with van der Waals surface area (Å²) in [6.07, 6.45) is 11.3. The van der Waals surface area contributed by atoms with Crippen molar-refractivity contribution in [1.82, 2.24) is 5.32 Å². The average Bonchev–Trinajstić information content (AvgIpc) is 3.11. The van der Waals surface area contributed by atoms with Gasteiger partial charge < -0.3 is 20.5 Å². The second kappa shape index (κ2) is 20.2. The van der Waals surface area contributed by atoms with Crippen LogP contribution in [0.15, 0.2) is 72.8 Å². The van der Waals surface area contributed by atoms with E-state index in [2.05, 4.69) is 96.2 Å². The van der Waals surface area contributed by atoms with Crippen molar-refractivity contribution < 1.29 is 14.3 Å². The van der Waals surface area contributed by atoms with E-state index < -0.39 is 0 Å². The van der Waals surface area contributed by atoms with Gasteiger partial charge in [0.15, 0.2) is 0 Å². The van der Waals surface area contributed by atoms with Crippen LogP contribution in [0.4, 0.5) is 0 Å². The molecule has 2 aliphatic rings. The van der Waals surface area contributed by atoms with Gasteiger partial charge in [0.1, 0.15) is 17.8 Å². The van der Waals surface area contributed by atoms with Gasteiger partial charge in [-0.3, -0.25) is 4.79 Å². The molecule has 0 saturated heterocycles. The highest BCUT2D eigenvalue weighted by atomic mass is 16.5. The minimum Gasteiger partial charge on any atom is -0.490 e. The summed E-state index contributed by atoms with van der Waals surface area (Å²) < 4.78 is 12.5. The number of rotatable bonds is 8. The van der Waals surface area contributed by atoms with Crippen LogP contribution in [-0.2, 0) is 6.54 Å². The fourth-order valence-electron chi connectivity index (χ4n) is 7.59. The highest BCUT2D eigenvalue weighted by Gasteiger charge is 2.31. The number of nitrogens with two attached hydrogens (primary N) is 1. The largest absolute Gasteiger partial charge is 0.490 e. The van der Waals surface area contributed by atoms with E-state index in [0.29, 0.717) is 28.6 Å². The molecule has 0 amide bonds. The second-order valence-corrected chi connectivity index (χ2v) is 16.8. The number of aldehydes is 1. The van der Waals surface area contributed by atoms with E-state index in [-0.39, 0.29) is 7.43 Å². The van der Waals surface area contributed by atoms with Crippen LogP contribution in [0.25, 0.3) is 21.5 Å². The summed E-state index contributed by atoms with van der Waals surface area (Å²) in [5.41, 5.74) is 7.73. The molecule has 0 unspecified atom stereocenters. The lowest BCUT2D eigenvalue weighted by atomic mass is 9.72. The van der Waals surface area contributed by atoms with Crippen LogP contribution in [0.3, 0.4) is 0 Å². The Balaban J connectivity index is 0.000000257. The van der Waals surface area contributed by atoms with E-state index in [9.17, 15) is 4.79 Å². The Bertz CT molecular complexity index is 1650. The summed E-state index contributed by atoms with van der Waals surface area (Å²) in [5, 5.41) is 8.14. The quantitative estimate of drug-likeness (QED) is 0.178. The number of hydrogen-bond donors (Lipinski definition) is 2. The number of hydrogen-bond acceptors (Lipinski definition) is 5. The molecule has 286 valence electrons. The summed E-state index contributed by atoms with van der Waals surface area (Å²) in [6.45, 7) is 20.9. The fourth-order valence-corrected chi connectivity index (χ4v) is 7.59. The van der Waals surface area contributed by atoms with Crippen molar-refractivity contribution in [2.75, 3.05) is 13.1 Å². The minimum absolute atomic E-state index is 0. The maximum absolute atomic E-state index is 10.9. The fraction of sp³-hybridized carbons (Fsp3) is 0.553. The second-order valence-electron chi connectivity index (χ2n) is 16.8. The zero-order chi connectivity index (χ0) is 37.0. The monoisotopic (exact) mass is 711 g/mol. The van der Waals surface area contributed by atoms with E-state index in [4.69, 9.17) is 15.2 Å². The zero-order valence-electron chi connectivity index (χ0n) is 32.9. The Hall–Kier alpha value is -3.41. The lowest BCUT2D eigenvalue weighted by Crippen LogP contribution is -2.30. The molecule has 5 heteroatoms. The number of nitrogens with one attached hydrogen (secondary N) is 1. The predicted molar refractivity (Wildman–Crippen MR) is 224 cm³/mol. The standard InChI is InChI=1S/C23H33NO.C21H26O2.C2H7N.CH4/c1-5-24-16-17-6-7-19-15-22(11-8-18(19)14-17)25-21-12-9-20(10-13-21)23(2,3)4;1-21(2,3)18-7-10-19(11-8-18)23-20-9-6-16-12-15(14-22)4-5-17(16)13-20;1-2-3;/h6-8,11,14-15,20-21,24H,5,9-10,12-13,16H2,1-4H3;4-6,9,12-14,18-19H,7-8,10-11H2,1-3H3;2-3H2,1H3;1H4. The van der Waals surface area contributed by atoms with E-state index in [1.165, 1.54) is 54.9 Å². The predicted octanol–water partition coefficient (Wildman–Crippen LogP) is 12.2. The molecule has 0 aromatic heterocycles. The molecule has 3 N–H and O–H groups in total. The van der Waals surface area contributed by atoms with E-state index in [0.717, 1.165) is 72.9 Å². The van der Waals surface area contributed by atoms with Crippen molar-refractivity contribution in [2.45, 2.75) is 133 Å². The van der Waals surface area contributed by atoms with Gasteiger partial charge in [0.25, 0.3) is 0 Å². The maximum Gasteiger partial charge on any atom is 0.150 e. The Morgan fingerprint density at radius 3 is 1.46 bits per heavy atom. The SMILES string of the molecule is C.CC(C)(C)C1CCC(Oc2ccc3cc(C=O)ccc3c2)CC1.CCN.CCNCc1ccc2cc(OC3CCC(C(C)(C)C)CC3)ccc2c1. The van der Waals surface area contributed by atoms with Crippen LogP contribution in [0.1, 0.15) is 130 Å². The highest BCUT2D eigenvalue weighted by Crippen LogP contribution is 2.40. The molecule has 0 aliphatic heterocycles. The maximum atomic E-state index is 10.9. The summed E-state index contributed by atoms with van der Waals surface area (Å²) in [7, 11) is 0. The molecule has 2 saturated carbocycles. The van der Waals surface area contributed by atoms with Gasteiger partial charge in [0.05, 0.1) is 12.2 Å². The molecule has 5 nitrogen and oxygen atoms in total. The van der Waals surface area contributed by atoms with Gasteiger partial charge in [-0.2, -0.15) is 0 Å². The van der Waals surface area contributed by atoms with Gasteiger partial charge in [0, 0.05) is 12.1 Å². The molecule has 6 rings (SSSR count). The van der Waals surface area contributed by atoms with Crippen LogP contribution < -0.4 is 20.5 Å². The minimum atomic E-state index is 0. The number of carbonyl (C=O) groups excluding carboxylic acids is 1. The third-order valence-electron chi connectivity index (χ3n) is 10.8. The molecule has 0 atom stereocenters. The Labute approximate surface area is 316 Å². The average molecular weight is 711 g/mol. The first-order chi connectivity index (χ1) is 24.3. The van der Waals surface area contributed by atoms with Gasteiger partial charge >= 0.3 is 0 Å². The van der Waals surface area contributed by atoms with Crippen molar-refractivity contribution >= 4 is 27.8 Å². The third kappa shape index (κ3) is 12.9. The highest BCUT2D eigenvalue weighted by molar-refractivity contribution is 5.89.